The molecular weight excluding hydrogens is 236 g/mol. The predicted molar refractivity (Wildman–Crippen MR) is 79.0 cm³/mol. The highest BCUT2D eigenvalue weighted by molar-refractivity contribution is 5.81. The smallest absolute Gasteiger partial charge is 0.227 e. The minimum Gasteiger partial charge on any atom is -0.342 e. The molecule has 1 amide bonds. The van der Waals surface area contributed by atoms with E-state index >= 15 is 0 Å². The zero-order chi connectivity index (χ0) is 14.0. The first-order valence-electron chi connectivity index (χ1n) is 7.87. The lowest BCUT2D eigenvalue weighted by Crippen LogP contribution is -2.48. The highest BCUT2D eigenvalue weighted by Gasteiger charge is 2.31. The van der Waals surface area contributed by atoms with Crippen LogP contribution < -0.4 is 0 Å². The van der Waals surface area contributed by atoms with Gasteiger partial charge in [0.25, 0.3) is 0 Å². The molecule has 1 aliphatic heterocycles. The number of piperidine rings is 1. The Morgan fingerprint density at radius 1 is 1.16 bits per heavy atom. The van der Waals surface area contributed by atoms with Gasteiger partial charge in [0.15, 0.2) is 0 Å². The molecule has 0 radical (unpaired) electrons. The molecule has 0 aromatic carbocycles. The number of rotatable bonds is 4. The van der Waals surface area contributed by atoms with Crippen LogP contribution in [0.4, 0.5) is 0 Å². The minimum atomic E-state index is -0.252. The molecule has 0 N–H and O–H groups in total. The number of carbonyl (C=O) groups is 1. The summed E-state index contributed by atoms with van der Waals surface area (Å²) in [6, 6.07) is 0.448. The first-order chi connectivity index (χ1) is 8.88. The second-order valence-electron chi connectivity index (χ2n) is 7.47. The van der Waals surface area contributed by atoms with E-state index in [0.717, 1.165) is 18.8 Å². The van der Waals surface area contributed by atoms with Crippen molar-refractivity contribution in [2.75, 3.05) is 26.7 Å². The topological polar surface area (TPSA) is 23.6 Å². The standard InChI is InChI=1S/C16H30N2O/c1-16(2,3)15(19)17(4)14-8-11-18(12-9-14)10-7-13-5-6-13/h13-14H,5-12H2,1-4H3. The number of hydrogen-bond donors (Lipinski definition) is 0. The lowest BCUT2D eigenvalue weighted by atomic mass is 9.92. The first kappa shape index (κ1) is 14.8. The zero-order valence-corrected chi connectivity index (χ0v) is 13.1. The van der Waals surface area contributed by atoms with Gasteiger partial charge < -0.3 is 9.80 Å². The summed E-state index contributed by atoms with van der Waals surface area (Å²) in [5.74, 6) is 1.31. The fourth-order valence-electron chi connectivity index (χ4n) is 3.00. The molecular formula is C16H30N2O. The van der Waals surface area contributed by atoms with Crippen LogP contribution >= 0.6 is 0 Å². The van der Waals surface area contributed by atoms with E-state index in [1.165, 1.54) is 38.9 Å². The Bertz CT molecular complexity index is 309. The maximum absolute atomic E-state index is 12.3. The van der Waals surface area contributed by atoms with Gasteiger partial charge in [-0.25, -0.2) is 0 Å². The van der Waals surface area contributed by atoms with Crippen LogP contribution in [-0.2, 0) is 4.79 Å². The van der Waals surface area contributed by atoms with E-state index in [9.17, 15) is 4.79 Å². The minimum absolute atomic E-state index is 0.252. The maximum Gasteiger partial charge on any atom is 0.227 e. The summed E-state index contributed by atoms with van der Waals surface area (Å²) in [6.07, 6.45) is 6.59. The molecule has 0 atom stereocenters. The van der Waals surface area contributed by atoms with Crippen LogP contribution in [0, 0.1) is 11.3 Å². The van der Waals surface area contributed by atoms with Gasteiger partial charge in [0, 0.05) is 31.6 Å². The Hall–Kier alpha value is -0.570. The monoisotopic (exact) mass is 266 g/mol. The third kappa shape index (κ3) is 4.20. The van der Waals surface area contributed by atoms with Crippen LogP contribution in [-0.4, -0.2) is 48.4 Å². The van der Waals surface area contributed by atoms with Crippen LogP contribution in [0.2, 0.25) is 0 Å². The van der Waals surface area contributed by atoms with Gasteiger partial charge in [0.1, 0.15) is 0 Å². The summed E-state index contributed by atoms with van der Waals surface area (Å²) in [5, 5.41) is 0. The van der Waals surface area contributed by atoms with Gasteiger partial charge in [-0.2, -0.15) is 0 Å². The molecule has 19 heavy (non-hydrogen) atoms. The summed E-state index contributed by atoms with van der Waals surface area (Å²) < 4.78 is 0. The van der Waals surface area contributed by atoms with E-state index in [2.05, 4.69) is 4.90 Å². The Balaban J connectivity index is 1.73. The van der Waals surface area contributed by atoms with Crippen LogP contribution in [0.1, 0.15) is 52.9 Å². The summed E-state index contributed by atoms with van der Waals surface area (Å²) in [4.78, 5) is 16.9. The van der Waals surface area contributed by atoms with Crippen LogP contribution in [0.3, 0.4) is 0 Å². The van der Waals surface area contributed by atoms with E-state index in [4.69, 9.17) is 0 Å². The molecule has 1 heterocycles. The quantitative estimate of drug-likeness (QED) is 0.781. The number of amides is 1. The molecule has 3 nitrogen and oxygen atoms in total. The van der Waals surface area contributed by atoms with Crippen molar-refractivity contribution in [3.8, 4) is 0 Å². The van der Waals surface area contributed by atoms with Crippen LogP contribution in [0.25, 0.3) is 0 Å². The lowest BCUT2D eigenvalue weighted by Gasteiger charge is -2.39. The van der Waals surface area contributed by atoms with Crippen molar-refractivity contribution in [2.45, 2.75) is 58.9 Å². The third-order valence-electron chi connectivity index (χ3n) is 4.62. The Labute approximate surface area is 118 Å². The molecule has 3 heteroatoms. The Morgan fingerprint density at radius 3 is 2.21 bits per heavy atom. The molecule has 0 spiro atoms. The van der Waals surface area contributed by atoms with Crippen molar-refractivity contribution < 1.29 is 4.79 Å². The molecule has 0 aromatic rings. The van der Waals surface area contributed by atoms with Gasteiger partial charge >= 0.3 is 0 Å². The summed E-state index contributed by atoms with van der Waals surface area (Å²) in [7, 11) is 1.98. The molecule has 0 bridgehead atoms. The molecule has 1 saturated heterocycles. The molecule has 1 saturated carbocycles. The van der Waals surface area contributed by atoms with Crippen molar-refractivity contribution in [3.05, 3.63) is 0 Å². The average molecular weight is 266 g/mol. The summed E-state index contributed by atoms with van der Waals surface area (Å²) in [6.45, 7) is 9.64. The fraction of sp³-hybridized carbons (Fsp3) is 0.938. The highest BCUT2D eigenvalue weighted by atomic mass is 16.2. The van der Waals surface area contributed by atoms with Gasteiger partial charge in [0.05, 0.1) is 0 Å². The second-order valence-corrected chi connectivity index (χ2v) is 7.47. The zero-order valence-electron chi connectivity index (χ0n) is 13.1. The average Bonchev–Trinajstić information content (AvgIpc) is 3.18. The largest absolute Gasteiger partial charge is 0.342 e. The van der Waals surface area contributed by atoms with Gasteiger partial charge in [-0.1, -0.05) is 33.6 Å². The van der Waals surface area contributed by atoms with Gasteiger partial charge in [-0.15, -0.1) is 0 Å². The van der Waals surface area contributed by atoms with Crippen molar-refractivity contribution in [1.82, 2.24) is 9.80 Å². The van der Waals surface area contributed by atoms with Crippen LogP contribution in [0.15, 0.2) is 0 Å². The predicted octanol–water partition coefficient (Wildman–Crippen LogP) is 2.76. The normalized spacial score (nSPS) is 22.5. The van der Waals surface area contributed by atoms with Gasteiger partial charge in [-0.05, 0) is 31.7 Å². The molecule has 1 aliphatic carbocycles. The Kier molecular flexibility index (Phi) is 4.54. The SMILES string of the molecule is CN(C(=O)C(C)(C)C)C1CCN(CCC2CC2)CC1. The first-order valence-corrected chi connectivity index (χ1v) is 7.87. The number of carbonyl (C=O) groups excluding carboxylic acids is 1. The van der Waals surface area contributed by atoms with Crippen LogP contribution in [0.5, 0.6) is 0 Å². The maximum atomic E-state index is 12.3. The molecule has 0 aromatic heterocycles. The molecule has 2 fully saturated rings. The molecule has 2 rings (SSSR count). The Morgan fingerprint density at radius 2 is 1.74 bits per heavy atom. The van der Waals surface area contributed by atoms with Crippen molar-refractivity contribution >= 4 is 5.91 Å². The van der Waals surface area contributed by atoms with E-state index in [-0.39, 0.29) is 11.3 Å². The lowest BCUT2D eigenvalue weighted by molar-refractivity contribution is -0.141. The summed E-state index contributed by atoms with van der Waals surface area (Å²) in [5.41, 5.74) is -0.252. The van der Waals surface area contributed by atoms with Crippen molar-refractivity contribution in [3.63, 3.8) is 0 Å². The van der Waals surface area contributed by atoms with Crippen molar-refractivity contribution in [1.29, 1.82) is 0 Å². The van der Waals surface area contributed by atoms with E-state index < -0.39 is 0 Å². The second kappa shape index (κ2) is 5.82. The van der Waals surface area contributed by atoms with E-state index in [1.807, 2.05) is 32.7 Å². The summed E-state index contributed by atoms with van der Waals surface area (Å²) >= 11 is 0. The third-order valence-corrected chi connectivity index (χ3v) is 4.62. The molecule has 2 aliphatic rings. The van der Waals surface area contributed by atoms with E-state index in [1.54, 1.807) is 0 Å². The highest BCUT2D eigenvalue weighted by Crippen LogP contribution is 2.32. The number of likely N-dealkylation sites (tertiary alicyclic amines) is 1. The fourth-order valence-corrected chi connectivity index (χ4v) is 3.00. The molecule has 0 unspecified atom stereocenters. The molecule has 110 valence electrons. The van der Waals surface area contributed by atoms with Gasteiger partial charge in [0.2, 0.25) is 5.91 Å². The number of hydrogen-bond acceptors (Lipinski definition) is 2. The van der Waals surface area contributed by atoms with Crippen molar-refractivity contribution in [2.24, 2.45) is 11.3 Å². The number of nitrogens with zero attached hydrogens (tertiary/aromatic N) is 2. The van der Waals surface area contributed by atoms with Gasteiger partial charge in [-0.3, -0.25) is 4.79 Å². The van der Waals surface area contributed by atoms with E-state index in [0.29, 0.717) is 6.04 Å².